The van der Waals surface area contributed by atoms with Crippen LogP contribution in [-0.4, -0.2) is 29.7 Å². The Kier molecular flexibility index (Phi) is 8.87. The highest BCUT2D eigenvalue weighted by Gasteiger charge is 2.16. The van der Waals surface area contributed by atoms with Crippen molar-refractivity contribution in [3.8, 4) is 0 Å². The van der Waals surface area contributed by atoms with E-state index in [1.165, 1.54) is 19.3 Å². The molecule has 5 nitrogen and oxygen atoms in total. The second-order valence-electron chi connectivity index (χ2n) is 6.11. The molecule has 0 bridgehead atoms. The molecule has 21 heavy (non-hydrogen) atoms. The molecule has 1 aliphatic carbocycles. The van der Waals surface area contributed by atoms with Crippen LogP contribution in [-0.2, 0) is 4.79 Å². The molecule has 0 aromatic rings. The molecule has 0 aromatic carbocycles. The normalized spacial score (nSPS) is 17.2. The van der Waals surface area contributed by atoms with Crippen LogP contribution in [0, 0.1) is 5.92 Å². The molecule has 0 aliphatic heterocycles. The van der Waals surface area contributed by atoms with Crippen LogP contribution in [0.15, 0.2) is 0 Å². The Balaban J connectivity index is 2.16. The molecule has 0 saturated heterocycles. The van der Waals surface area contributed by atoms with E-state index in [1.807, 2.05) is 0 Å². The molecule has 0 spiro atoms. The van der Waals surface area contributed by atoms with E-state index in [1.54, 1.807) is 0 Å². The van der Waals surface area contributed by atoms with Crippen molar-refractivity contribution in [3.63, 3.8) is 0 Å². The van der Waals surface area contributed by atoms with Gasteiger partial charge in [-0.2, -0.15) is 0 Å². The van der Waals surface area contributed by atoms with Crippen molar-refractivity contribution in [3.05, 3.63) is 0 Å². The van der Waals surface area contributed by atoms with Crippen LogP contribution in [0.2, 0.25) is 0 Å². The number of rotatable bonds is 9. The molecule has 0 aromatic heterocycles. The summed E-state index contributed by atoms with van der Waals surface area (Å²) in [5, 5.41) is 14.7. The van der Waals surface area contributed by atoms with Crippen LogP contribution < -0.4 is 10.6 Å². The fourth-order valence-electron chi connectivity index (χ4n) is 3.04. The molecular weight excluding hydrogens is 268 g/mol. The highest BCUT2D eigenvalue weighted by molar-refractivity contribution is 5.74. The van der Waals surface area contributed by atoms with Crippen LogP contribution >= 0.6 is 0 Å². The molecule has 1 fully saturated rings. The first-order valence-electron chi connectivity index (χ1n) is 8.38. The minimum atomic E-state index is -0.737. The maximum absolute atomic E-state index is 11.8. The SMILES string of the molecule is CCCC(CCNC(=O)NC1CCCCC1)CCC(=O)O. The van der Waals surface area contributed by atoms with Gasteiger partial charge in [0.15, 0.2) is 0 Å². The molecule has 1 atom stereocenters. The van der Waals surface area contributed by atoms with Crippen molar-refractivity contribution in [2.24, 2.45) is 5.92 Å². The number of urea groups is 1. The maximum atomic E-state index is 11.8. The third-order valence-corrected chi connectivity index (χ3v) is 4.24. The Morgan fingerprint density at radius 2 is 1.86 bits per heavy atom. The first-order valence-corrected chi connectivity index (χ1v) is 8.38. The van der Waals surface area contributed by atoms with Crippen molar-refractivity contribution in [2.75, 3.05) is 6.54 Å². The third kappa shape index (κ3) is 8.58. The van der Waals surface area contributed by atoms with Gasteiger partial charge in [0.2, 0.25) is 0 Å². The van der Waals surface area contributed by atoms with Crippen LogP contribution in [0.1, 0.15) is 71.1 Å². The van der Waals surface area contributed by atoms with Gasteiger partial charge in [-0.3, -0.25) is 4.79 Å². The molecule has 0 radical (unpaired) electrons. The summed E-state index contributed by atoms with van der Waals surface area (Å²) < 4.78 is 0. The summed E-state index contributed by atoms with van der Waals surface area (Å²) in [5.74, 6) is -0.347. The summed E-state index contributed by atoms with van der Waals surface area (Å²) in [6, 6.07) is 0.257. The predicted octanol–water partition coefficient (Wildman–Crippen LogP) is 3.29. The number of carbonyl (C=O) groups is 2. The van der Waals surface area contributed by atoms with Crippen LogP contribution in [0.3, 0.4) is 0 Å². The molecule has 1 unspecified atom stereocenters. The molecule has 1 saturated carbocycles. The number of carboxylic acid groups (broad SMARTS) is 1. The zero-order valence-corrected chi connectivity index (χ0v) is 13.2. The van der Waals surface area contributed by atoms with Crippen molar-refractivity contribution < 1.29 is 14.7 Å². The lowest BCUT2D eigenvalue weighted by molar-refractivity contribution is -0.137. The van der Waals surface area contributed by atoms with E-state index >= 15 is 0 Å². The molecule has 3 N–H and O–H groups in total. The number of nitrogens with one attached hydrogen (secondary N) is 2. The molecule has 122 valence electrons. The number of hydrogen-bond acceptors (Lipinski definition) is 2. The summed E-state index contributed by atoms with van der Waals surface area (Å²) in [4.78, 5) is 22.4. The van der Waals surface area contributed by atoms with Crippen LogP contribution in [0.4, 0.5) is 4.79 Å². The molecule has 2 amide bonds. The second kappa shape index (κ2) is 10.5. The Hall–Kier alpha value is -1.26. The van der Waals surface area contributed by atoms with Crippen molar-refractivity contribution in [2.45, 2.75) is 77.2 Å². The highest BCUT2D eigenvalue weighted by atomic mass is 16.4. The highest BCUT2D eigenvalue weighted by Crippen LogP contribution is 2.18. The van der Waals surface area contributed by atoms with Crippen LogP contribution in [0.25, 0.3) is 0 Å². The van der Waals surface area contributed by atoms with Gasteiger partial charge in [0.1, 0.15) is 0 Å². The Bertz CT molecular complexity index is 315. The van der Waals surface area contributed by atoms with E-state index < -0.39 is 5.97 Å². The Labute approximate surface area is 127 Å². The summed E-state index contributed by atoms with van der Waals surface area (Å²) in [6.07, 6.45) is 9.74. The summed E-state index contributed by atoms with van der Waals surface area (Å²) in [5.41, 5.74) is 0. The van der Waals surface area contributed by atoms with Gasteiger partial charge >= 0.3 is 12.0 Å². The standard InChI is InChI=1S/C16H30N2O3/c1-2-6-13(9-10-15(19)20)11-12-17-16(21)18-14-7-4-3-5-8-14/h13-14H,2-12H2,1H3,(H,19,20)(H2,17,18,21). The molecule has 1 aliphatic rings. The van der Waals surface area contributed by atoms with Gasteiger partial charge in [0.05, 0.1) is 0 Å². The van der Waals surface area contributed by atoms with Gasteiger partial charge in [0.25, 0.3) is 0 Å². The van der Waals surface area contributed by atoms with Crippen molar-refractivity contribution in [1.82, 2.24) is 10.6 Å². The molecule has 1 rings (SSSR count). The fraction of sp³-hybridized carbons (Fsp3) is 0.875. The summed E-state index contributed by atoms with van der Waals surface area (Å²) in [6.45, 7) is 2.74. The lowest BCUT2D eigenvalue weighted by Crippen LogP contribution is -2.43. The second-order valence-corrected chi connectivity index (χ2v) is 6.11. The first kappa shape index (κ1) is 17.8. The average Bonchev–Trinajstić information content (AvgIpc) is 2.45. The number of carboxylic acids is 1. The Morgan fingerprint density at radius 1 is 1.14 bits per heavy atom. The minimum Gasteiger partial charge on any atom is -0.481 e. The van der Waals surface area contributed by atoms with Gasteiger partial charge in [-0.15, -0.1) is 0 Å². The molecule has 5 heteroatoms. The van der Waals surface area contributed by atoms with Gasteiger partial charge in [-0.1, -0.05) is 39.0 Å². The van der Waals surface area contributed by atoms with Crippen LogP contribution in [0.5, 0.6) is 0 Å². The number of hydrogen-bond donors (Lipinski definition) is 3. The number of carbonyl (C=O) groups excluding carboxylic acids is 1. The van der Waals surface area contributed by atoms with Crippen molar-refractivity contribution in [1.29, 1.82) is 0 Å². The Morgan fingerprint density at radius 3 is 2.48 bits per heavy atom. The number of amides is 2. The average molecular weight is 298 g/mol. The van der Waals surface area contributed by atoms with E-state index in [4.69, 9.17) is 5.11 Å². The third-order valence-electron chi connectivity index (χ3n) is 4.24. The topological polar surface area (TPSA) is 78.4 Å². The fourth-order valence-corrected chi connectivity index (χ4v) is 3.04. The lowest BCUT2D eigenvalue weighted by Gasteiger charge is -2.23. The maximum Gasteiger partial charge on any atom is 0.315 e. The largest absolute Gasteiger partial charge is 0.481 e. The molecular formula is C16H30N2O3. The summed E-state index contributed by atoms with van der Waals surface area (Å²) >= 11 is 0. The van der Waals surface area contributed by atoms with Crippen molar-refractivity contribution >= 4 is 12.0 Å². The zero-order chi connectivity index (χ0) is 15.5. The first-order chi connectivity index (χ1) is 10.1. The smallest absolute Gasteiger partial charge is 0.315 e. The van der Waals surface area contributed by atoms with E-state index in [0.29, 0.717) is 24.9 Å². The molecule has 0 heterocycles. The summed E-state index contributed by atoms with van der Waals surface area (Å²) in [7, 11) is 0. The van der Waals surface area contributed by atoms with E-state index in [0.717, 1.165) is 32.1 Å². The van der Waals surface area contributed by atoms with Gasteiger partial charge in [-0.25, -0.2) is 4.79 Å². The minimum absolute atomic E-state index is 0.0737. The zero-order valence-electron chi connectivity index (χ0n) is 13.2. The monoisotopic (exact) mass is 298 g/mol. The quantitative estimate of drug-likeness (QED) is 0.611. The van der Waals surface area contributed by atoms with Gasteiger partial charge in [0, 0.05) is 19.0 Å². The number of aliphatic carboxylic acids is 1. The van der Waals surface area contributed by atoms with Gasteiger partial charge < -0.3 is 15.7 Å². The van der Waals surface area contributed by atoms with E-state index in [-0.39, 0.29) is 12.5 Å². The van der Waals surface area contributed by atoms with Gasteiger partial charge in [-0.05, 0) is 31.6 Å². The predicted molar refractivity (Wildman–Crippen MR) is 83.3 cm³/mol. The van der Waals surface area contributed by atoms with E-state index in [9.17, 15) is 9.59 Å². The lowest BCUT2D eigenvalue weighted by atomic mass is 9.94. The van der Waals surface area contributed by atoms with E-state index in [2.05, 4.69) is 17.6 Å².